The number of benzene rings is 1. The van der Waals surface area contributed by atoms with Gasteiger partial charge >= 0.3 is 0 Å². The third-order valence-electron chi connectivity index (χ3n) is 2.17. The Balaban J connectivity index is 3.44. The minimum absolute atomic E-state index is 0.140. The summed E-state index contributed by atoms with van der Waals surface area (Å²) >= 11 is 0. The molecule has 1 aromatic carbocycles. The van der Waals surface area contributed by atoms with Gasteiger partial charge in [0.25, 0.3) is 0 Å². The highest BCUT2D eigenvalue weighted by Crippen LogP contribution is 2.24. The van der Waals surface area contributed by atoms with E-state index in [9.17, 15) is 8.78 Å². The van der Waals surface area contributed by atoms with Gasteiger partial charge in [-0.1, -0.05) is 31.4 Å². The van der Waals surface area contributed by atoms with Gasteiger partial charge in [0.05, 0.1) is 0 Å². The third-order valence-corrected chi connectivity index (χ3v) is 2.17. The predicted molar refractivity (Wildman–Crippen MR) is 63.7 cm³/mol. The molecule has 0 unspecified atom stereocenters. The summed E-state index contributed by atoms with van der Waals surface area (Å²) in [7, 11) is 1.72. The van der Waals surface area contributed by atoms with Crippen molar-refractivity contribution in [1.82, 2.24) is 5.32 Å². The quantitative estimate of drug-likeness (QED) is 0.769. The monoisotopic (exact) mass is 221 g/mol. The highest BCUT2D eigenvalue weighted by Gasteiger charge is 2.12. The summed E-state index contributed by atoms with van der Waals surface area (Å²) in [5.74, 6) is -1.78. The second-order valence-electron chi connectivity index (χ2n) is 3.12. The topological polar surface area (TPSA) is 12.0 Å². The van der Waals surface area contributed by atoms with Crippen molar-refractivity contribution < 1.29 is 8.78 Å². The van der Waals surface area contributed by atoms with E-state index in [1.165, 1.54) is 12.1 Å². The van der Waals surface area contributed by atoms with Crippen molar-refractivity contribution >= 4 is 11.6 Å². The van der Waals surface area contributed by atoms with Crippen molar-refractivity contribution in [1.29, 1.82) is 0 Å². The van der Waals surface area contributed by atoms with E-state index in [1.807, 2.05) is 0 Å². The van der Waals surface area contributed by atoms with Crippen molar-refractivity contribution in [3.05, 3.63) is 60.3 Å². The van der Waals surface area contributed by atoms with Crippen LogP contribution < -0.4 is 5.32 Å². The Kier molecular flexibility index (Phi) is 4.00. The Hall–Kier alpha value is -1.90. The summed E-state index contributed by atoms with van der Waals surface area (Å²) in [6, 6.07) is 2.59. The lowest BCUT2D eigenvalue weighted by atomic mass is 9.99. The molecule has 0 atom stereocenters. The lowest BCUT2D eigenvalue weighted by molar-refractivity contribution is 0.506. The molecule has 0 radical (unpaired) electrons. The van der Waals surface area contributed by atoms with Gasteiger partial charge in [0.15, 0.2) is 11.6 Å². The summed E-state index contributed by atoms with van der Waals surface area (Å²) in [6.07, 6.45) is 4.52. The molecule has 0 aliphatic heterocycles. The highest BCUT2D eigenvalue weighted by atomic mass is 19.2. The fourth-order valence-electron chi connectivity index (χ4n) is 1.42. The Morgan fingerprint density at radius 3 is 2.50 bits per heavy atom. The first-order valence-corrected chi connectivity index (χ1v) is 4.76. The number of rotatable bonds is 4. The van der Waals surface area contributed by atoms with Gasteiger partial charge in [-0.05, 0) is 17.2 Å². The van der Waals surface area contributed by atoms with Crippen molar-refractivity contribution in [2.24, 2.45) is 0 Å². The normalized spacial score (nSPS) is 11.1. The van der Waals surface area contributed by atoms with Crippen LogP contribution in [0.25, 0.3) is 11.6 Å². The van der Waals surface area contributed by atoms with Gasteiger partial charge in [0.1, 0.15) is 0 Å². The first-order valence-electron chi connectivity index (χ1n) is 4.76. The first kappa shape index (κ1) is 12.2. The van der Waals surface area contributed by atoms with Crippen LogP contribution in [-0.4, -0.2) is 7.05 Å². The average Bonchev–Trinajstić information content (AvgIpc) is 2.29. The van der Waals surface area contributed by atoms with Crippen LogP contribution >= 0.6 is 0 Å². The summed E-state index contributed by atoms with van der Waals surface area (Å²) in [5, 5.41) is 2.82. The molecule has 0 aliphatic rings. The van der Waals surface area contributed by atoms with Gasteiger partial charge in [-0.2, -0.15) is 0 Å². The number of hydrogen-bond acceptors (Lipinski definition) is 1. The molecule has 0 saturated heterocycles. The lowest BCUT2D eigenvalue weighted by Crippen LogP contribution is -1.99. The van der Waals surface area contributed by atoms with Gasteiger partial charge in [0.2, 0.25) is 0 Å². The molecule has 0 aromatic heterocycles. The molecule has 1 aromatic rings. The lowest BCUT2D eigenvalue weighted by Gasteiger charge is -2.08. The molecule has 1 N–H and O–H groups in total. The Labute approximate surface area is 93.8 Å². The fourth-order valence-corrected chi connectivity index (χ4v) is 1.42. The van der Waals surface area contributed by atoms with Crippen molar-refractivity contribution in [2.75, 3.05) is 7.05 Å². The van der Waals surface area contributed by atoms with Crippen LogP contribution in [0.5, 0.6) is 0 Å². The molecular formula is C13H13F2N. The van der Waals surface area contributed by atoms with E-state index in [1.54, 1.807) is 19.3 Å². The molecule has 0 bridgehead atoms. The van der Waals surface area contributed by atoms with Gasteiger partial charge < -0.3 is 5.32 Å². The zero-order chi connectivity index (χ0) is 12.1. The van der Waals surface area contributed by atoms with E-state index in [0.717, 1.165) is 6.07 Å². The smallest absolute Gasteiger partial charge is 0.166 e. The third kappa shape index (κ3) is 2.19. The summed E-state index contributed by atoms with van der Waals surface area (Å²) in [5.41, 5.74) is 1.37. The molecule has 0 heterocycles. The van der Waals surface area contributed by atoms with Crippen LogP contribution in [-0.2, 0) is 0 Å². The van der Waals surface area contributed by atoms with Gasteiger partial charge in [-0.3, -0.25) is 0 Å². The maximum Gasteiger partial charge on any atom is 0.166 e. The summed E-state index contributed by atoms with van der Waals surface area (Å²) in [6.45, 7) is 7.11. The number of hydrogen-bond donors (Lipinski definition) is 1. The maximum absolute atomic E-state index is 13.5. The first-order chi connectivity index (χ1) is 7.65. The fraction of sp³-hybridized carbons (Fsp3) is 0.0769. The van der Waals surface area contributed by atoms with Crippen LogP contribution in [0.4, 0.5) is 8.78 Å². The molecule has 0 saturated carbocycles. The number of allylic oxidation sites excluding steroid dienone is 2. The molecule has 0 amide bonds. The van der Waals surface area contributed by atoms with Crippen LogP contribution in [0.1, 0.15) is 11.1 Å². The van der Waals surface area contributed by atoms with Crippen molar-refractivity contribution in [3.63, 3.8) is 0 Å². The van der Waals surface area contributed by atoms with Gasteiger partial charge in [-0.25, -0.2) is 8.78 Å². The second-order valence-corrected chi connectivity index (χ2v) is 3.12. The predicted octanol–water partition coefficient (Wildman–Crippen LogP) is 3.35. The van der Waals surface area contributed by atoms with E-state index >= 15 is 0 Å². The van der Waals surface area contributed by atoms with Crippen LogP contribution in [0, 0.1) is 11.6 Å². The van der Waals surface area contributed by atoms with Crippen molar-refractivity contribution in [2.45, 2.75) is 0 Å². The molecular weight excluding hydrogens is 208 g/mol. The molecule has 3 heteroatoms. The largest absolute Gasteiger partial charge is 0.393 e. The van der Waals surface area contributed by atoms with Crippen LogP contribution in [0.15, 0.2) is 37.6 Å². The van der Waals surface area contributed by atoms with Crippen LogP contribution in [0.3, 0.4) is 0 Å². The maximum atomic E-state index is 13.5. The molecule has 0 spiro atoms. The SMILES string of the molecule is C=C/C(=C/NC)c1ccc(F)c(F)c1C=C. The Morgan fingerprint density at radius 2 is 2.00 bits per heavy atom. The standard InChI is InChI=1S/C13H13F2N/c1-4-9(8-16-3)11-6-7-12(14)13(15)10(11)5-2/h4-8,16H,1-2H2,3H3/b9-8-. The minimum atomic E-state index is -0.892. The molecule has 16 heavy (non-hydrogen) atoms. The van der Waals surface area contributed by atoms with E-state index in [0.29, 0.717) is 11.1 Å². The molecule has 1 rings (SSSR count). The van der Waals surface area contributed by atoms with E-state index < -0.39 is 11.6 Å². The average molecular weight is 221 g/mol. The summed E-state index contributed by atoms with van der Waals surface area (Å²) in [4.78, 5) is 0. The molecule has 0 aliphatic carbocycles. The minimum Gasteiger partial charge on any atom is -0.393 e. The second kappa shape index (κ2) is 5.26. The zero-order valence-electron chi connectivity index (χ0n) is 9.06. The van der Waals surface area contributed by atoms with Crippen molar-refractivity contribution in [3.8, 4) is 0 Å². The van der Waals surface area contributed by atoms with E-state index in [2.05, 4.69) is 18.5 Å². The van der Waals surface area contributed by atoms with Gasteiger partial charge in [-0.15, -0.1) is 0 Å². The van der Waals surface area contributed by atoms with Gasteiger partial charge in [0, 0.05) is 18.8 Å². The molecule has 0 fully saturated rings. The van der Waals surface area contributed by atoms with E-state index in [4.69, 9.17) is 0 Å². The Morgan fingerprint density at radius 1 is 1.31 bits per heavy atom. The number of halogens is 2. The molecule has 1 nitrogen and oxygen atoms in total. The van der Waals surface area contributed by atoms with Crippen LogP contribution in [0.2, 0.25) is 0 Å². The number of nitrogens with one attached hydrogen (secondary N) is 1. The highest BCUT2D eigenvalue weighted by molar-refractivity contribution is 5.79. The molecule has 84 valence electrons. The summed E-state index contributed by atoms with van der Waals surface area (Å²) < 4.78 is 26.5. The zero-order valence-corrected chi connectivity index (χ0v) is 9.06. The van der Waals surface area contributed by atoms with E-state index in [-0.39, 0.29) is 5.56 Å². The Bertz CT molecular complexity index is 447.